The second-order valence-corrected chi connectivity index (χ2v) is 8.50. The minimum Gasteiger partial charge on any atom is -0.269 e. The van der Waals surface area contributed by atoms with Crippen molar-refractivity contribution in [1.29, 1.82) is 0 Å². The van der Waals surface area contributed by atoms with Gasteiger partial charge in [0.25, 0.3) is 5.56 Å². The number of nitrogens with zero attached hydrogens (tertiary/aromatic N) is 3. The zero-order valence-electron chi connectivity index (χ0n) is 15.6. The van der Waals surface area contributed by atoms with Gasteiger partial charge in [-0.2, -0.15) is 4.98 Å². The van der Waals surface area contributed by atoms with Crippen LogP contribution in [0.3, 0.4) is 0 Å². The Morgan fingerprint density at radius 1 is 0.839 bits per heavy atom. The lowest BCUT2D eigenvalue weighted by Crippen LogP contribution is -2.21. The molecule has 31 heavy (non-hydrogen) atoms. The SMILES string of the molecule is CS(=O)(=O)c1nc(-c2ccc(F)cc2F)c2ccc(=O)n(-c3ccc(F)cc3F)c2n1. The molecule has 0 radical (unpaired) electrons. The van der Waals surface area contributed by atoms with Gasteiger partial charge in [-0.25, -0.2) is 31.0 Å². The Kier molecular flexibility index (Phi) is 4.85. The van der Waals surface area contributed by atoms with Gasteiger partial charge in [0.15, 0.2) is 5.65 Å². The van der Waals surface area contributed by atoms with E-state index in [1.165, 1.54) is 6.07 Å². The van der Waals surface area contributed by atoms with Crippen molar-refractivity contribution < 1.29 is 26.0 Å². The van der Waals surface area contributed by atoms with Crippen LogP contribution in [0.2, 0.25) is 0 Å². The molecule has 6 nitrogen and oxygen atoms in total. The molecule has 0 aliphatic heterocycles. The zero-order chi connectivity index (χ0) is 22.5. The van der Waals surface area contributed by atoms with Crippen LogP contribution in [0.4, 0.5) is 17.6 Å². The Morgan fingerprint density at radius 3 is 2.10 bits per heavy atom. The first-order chi connectivity index (χ1) is 14.6. The Hall–Kier alpha value is -3.60. The topological polar surface area (TPSA) is 81.9 Å². The Bertz CT molecular complexity index is 1540. The summed E-state index contributed by atoms with van der Waals surface area (Å²) >= 11 is 0. The lowest BCUT2D eigenvalue weighted by molar-refractivity contribution is 0.577. The largest absolute Gasteiger partial charge is 0.269 e. The van der Waals surface area contributed by atoms with E-state index in [2.05, 4.69) is 9.97 Å². The summed E-state index contributed by atoms with van der Waals surface area (Å²) in [4.78, 5) is 20.4. The molecule has 0 bridgehead atoms. The highest BCUT2D eigenvalue weighted by Gasteiger charge is 2.22. The highest BCUT2D eigenvalue weighted by atomic mass is 32.2. The van der Waals surface area contributed by atoms with Gasteiger partial charge >= 0.3 is 0 Å². The average molecular weight is 449 g/mol. The molecule has 0 amide bonds. The third kappa shape index (κ3) is 3.67. The van der Waals surface area contributed by atoms with Crippen molar-refractivity contribution in [3.8, 4) is 16.9 Å². The summed E-state index contributed by atoms with van der Waals surface area (Å²) in [6, 6.07) is 7.22. The van der Waals surface area contributed by atoms with Gasteiger partial charge in [-0.3, -0.25) is 9.36 Å². The van der Waals surface area contributed by atoms with Gasteiger partial charge in [0.05, 0.1) is 11.4 Å². The maximum absolute atomic E-state index is 14.5. The van der Waals surface area contributed by atoms with Gasteiger partial charge in [0, 0.05) is 35.4 Å². The molecule has 0 aliphatic carbocycles. The average Bonchev–Trinajstić information content (AvgIpc) is 2.67. The number of fused-ring (bicyclic) bond motifs is 1. The molecule has 11 heteroatoms. The molecule has 0 atom stereocenters. The number of pyridine rings is 1. The summed E-state index contributed by atoms with van der Waals surface area (Å²) < 4.78 is 80.7. The molecule has 0 spiro atoms. The number of rotatable bonds is 3. The van der Waals surface area contributed by atoms with E-state index in [4.69, 9.17) is 0 Å². The number of halogens is 4. The monoisotopic (exact) mass is 449 g/mol. The summed E-state index contributed by atoms with van der Waals surface area (Å²) in [5.41, 5.74) is -2.07. The Balaban J connectivity index is 2.19. The smallest absolute Gasteiger partial charge is 0.256 e. The van der Waals surface area contributed by atoms with E-state index in [-0.39, 0.29) is 22.3 Å². The fourth-order valence-electron chi connectivity index (χ4n) is 3.04. The van der Waals surface area contributed by atoms with Crippen LogP contribution in [0.1, 0.15) is 0 Å². The summed E-state index contributed by atoms with van der Waals surface area (Å²) in [7, 11) is -4.06. The van der Waals surface area contributed by atoms with E-state index in [1.54, 1.807) is 0 Å². The molecule has 0 aliphatic rings. The van der Waals surface area contributed by atoms with Crippen molar-refractivity contribution in [3.63, 3.8) is 0 Å². The fraction of sp³-hybridized carbons (Fsp3) is 0.0500. The van der Waals surface area contributed by atoms with Crippen LogP contribution in [-0.4, -0.2) is 29.2 Å². The van der Waals surface area contributed by atoms with Gasteiger partial charge < -0.3 is 0 Å². The molecule has 0 fully saturated rings. The van der Waals surface area contributed by atoms with Gasteiger partial charge in [0.1, 0.15) is 23.3 Å². The standard InChI is InChI=1S/C20H11F4N3O3S/c1-31(29,30)20-25-18(12-4-2-10(21)8-14(12)23)13-5-7-17(28)27(19(13)26-20)16-6-3-11(22)9-15(16)24/h2-9H,1H3. The molecule has 158 valence electrons. The molecule has 4 rings (SSSR count). The van der Waals surface area contributed by atoms with Gasteiger partial charge in [0.2, 0.25) is 15.0 Å². The highest BCUT2D eigenvalue weighted by molar-refractivity contribution is 7.90. The van der Waals surface area contributed by atoms with Crippen LogP contribution in [0.25, 0.3) is 28.0 Å². The first-order valence-electron chi connectivity index (χ1n) is 8.61. The lowest BCUT2D eigenvalue weighted by atomic mass is 10.1. The van der Waals surface area contributed by atoms with Gasteiger partial charge in [-0.15, -0.1) is 0 Å². The van der Waals surface area contributed by atoms with Gasteiger partial charge in [-0.05, 0) is 30.3 Å². The summed E-state index contributed by atoms with van der Waals surface area (Å²) in [6.07, 6.45) is 0.794. The molecule has 0 saturated carbocycles. The van der Waals surface area contributed by atoms with E-state index in [9.17, 15) is 30.8 Å². The Labute approximate surface area is 172 Å². The number of hydrogen-bond acceptors (Lipinski definition) is 5. The zero-order valence-corrected chi connectivity index (χ0v) is 16.4. The van der Waals surface area contributed by atoms with E-state index in [0.29, 0.717) is 12.1 Å². The van der Waals surface area contributed by atoms with Crippen LogP contribution in [0, 0.1) is 23.3 Å². The van der Waals surface area contributed by atoms with E-state index in [0.717, 1.165) is 41.2 Å². The minimum absolute atomic E-state index is 0.0127. The number of hydrogen-bond donors (Lipinski definition) is 0. The molecular weight excluding hydrogens is 438 g/mol. The Morgan fingerprint density at radius 2 is 1.48 bits per heavy atom. The van der Waals surface area contributed by atoms with E-state index in [1.807, 2.05) is 0 Å². The van der Waals surface area contributed by atoms with Crippen molar-refractivity contribution >= 4 is 20.9 Å². The summed E-state index contributed by atoms with van der Waals surface area (Å²) in [5.74, 6) is -3.91. The normalized spacial score (nSPS) is 11.8. The maximum Gasteiger partial charge on any atom is 0.256 e. The van der Waals surface area contributed by atoms with Crippen LogP contribution in [0.5, 0.6) is 0 Å². The van der Waals surface area contributed by atoms with Crippen LogP contribution >= 0.6 is 0 Å². The number of aromatic nitrogens is 3. The predicted octanol–water partition coefficient (Wildman–Crippen LogP) is 3.41. The summed E-state index contributed by atoms with van der Waals surface area (Å²) in [6.45, 7) is 0. The van der Waals surface area contributed by atoms with Crippen LogP contribution in [-0.2, 0) is 9.84 Å². The van der Waals surface area contributed by atoms with Crippen LogP contribution < -0.4 is 5.56 Å². The number of sulfone groups is 1. The predicted molar refractivity (Wildman–Crippen MR) is 104 cm³/mol. The molecule has 0 N–H and O–H groups in total. The molecule has 0 saturated heterocycles. The molecule has 2 heterocycles. The third-order valence-electron chi connectivity index (χ3n) is 4.40. The lowest BCUT2D eigenvalue weighted by Gasteiger charge is -2.14. The van der Waals surface area contributed by atoms with Crippen molar-refractivity contribution in [2.24, 2.45) is 0 Å². The molecule has 2 aromatic heterocycles. The van der Waals surface area contributed by atoms with Crippen molar-refractivity contribution in [2.75, 3.05) is 6.26 Å². The summed E-state index contributed by atoms with van der Waals surface area (Å²) in [5, 5.41) is -0.776. The molecule has 2 aromatic carbocycles. The van der Waals surface area contributed by atoms with Gasteiger partial charge in [-0.1, -0.05) is 0 Å². The second-order valence-electron chi connectivity index (χ2n) is 6.59. The molecular formula is C20H11F4N3O3S. The molecule has 4 aromatic rings. The first kappa shape index (κ1) is 20.7. The van der Waals surface area contributed by atoms with E-state index >= 15 is 0 Å². The first-order valence-corrected chi connectivity index (χ1v) is 10.5. The second kappa shape index (κ2) is 7.27. The fourth-order valence-corrected chi connectivity index (χ4v) is 3.55. The quantitative estimate of drug-likeness (QED) is 0.354. The molecule has 0 unspecified atom stereocenters. The highest BCUT2D eigenvalue weighted by Crippen LogP contribution is 2.30. The third-order valence-corrected chi connectivity index (χ3v) is 5.24. The maximum atomic E-state index is 14.5. The van der Waals surface area contributed by atoms with Crippen molar-refractivity contribution in [2.45, 2.75) is 5.16 Å². The van der Waals surface area contributed by atoms with Crippen molar-refractivity contribution in [1.82, 2.24) is 14.5 Å². The van der Waals surface area contributed by atoms with E-state index < -0.39 is 49.5 Å². The minimum atomic E-state index is -4.06. The number of benzene rings is 2. The van der Waals surface area contributed by atoms with Crippen molar-refractivity contribution in [3.05, 3.63) is 82.2 Å². The van der Waals surface area contributed by atoms with Crippen LogP contribution in [0.15, 0.2) is 58.5 Å².